The molecule has 1 atom stereocenters. The molecule has 0 saturated carbocycles. The molecule has 0 bridgehead atoms. The first-order chi connectivity index (χ1) is 12.4. The van der Waals surface area contributed by atoms with Crippen LogP contribution in [0.3, 0.4) is 0 Å². The van der Waals surface area contributed by atoms with Crippen LogP contribution in [0, 0.1) is 5.92 Å². The third-order valence-electron chi connectivity index (χ3n) is 3.74. The van der Waals surface area contributed by atoms with Crippen LogP contribution in [0.4, 0.5) is 0 Å². The molecule has 0 aromatic rings. The Morgan fingerprint density at radius 2 is 1.81 bits per heavy atom. The van der Waals surface area contributed by atoms with Gasteiger partial charge in [0, 0.05) is 25.4 Å². The van der Waals surface area contributed by atoms with Crippen LogP contribution in [0.15, 0.2) is 43.5 Å². The zero-order chi connectivity index (χ0) is 19.5. The van der Waals surface area contributed by atoms with E-state index >= 15 is 0 Å². The summed E-state index contributed by atoms with van der Waals surface area (Å²) in [6, 6.07) is 0. The third kappa shape index (κ3) is 9.55. The van der Waals surface area contributed by atoms with Gasteiger partial charge in [0.15, 0.2) is 5.17 Å². The van der Waals surface area contributed by atoms with Gasteiger partial charge in [-0.15, -0.1) is 0 Å². The summed E-state index contributed by atoms with van der Waals surface area (Å²) < 4.78 is 0. The van der Waals surface area contributed by atoms with E-state index in [1.54, 1.807) is 0 Å². The minimum atomic E-state index is 0. The van der Waals surface area contributed by atoms with Crippen molar-refractivity contribution in [2.75, 3.05) is 19.3 Å². The van der Waals surface area contributed by atoms with E-state index in [0.717, 1.165) is 23.0 Å². The molecule has 0 spiro atoms. The normalized spacial score (nSPS) is 18.7. The molecule has 0 radical (unpaired) electrons. The van der Waals surface area contributed by atoms with Crippen LogP contribution in [0.25, 0.3) is 0 Å². The molecule has 1 aliphatic carbocycles. The van der Waals surface area contributed by atoms with Gasteiger partial charge < -0.3 is 12.6 Å². The third-order valence-corrected chi connectivity index (χ3v) is 4.57. The summed E-state index contributed by atoms with van der Waals surface area (Å²) in [5.74, 6) is 0.321. The first-order valence-corrected chi connectivity index (χ1v) is 10.3. The summed E-state index contributed by atoms with van der Waals surface area (Å²) in [7, 11) is 0. The Labute approximate surface area is 183 Å². The number of nitrogens with one attached hydrogen (secondary N) is 2. The van der Waals surface area contributed by atoms with Crippen molar-refractivity contribution >= 4 is 46.1 Å². The summed E-state index contributed by atoms with van der Waals surface area (Å²) in [5, 5.41) is 10.1. The van der Waals surface area contributed by atoms with Gasteiger partial charge in [0.2, 0.25) is 0 Å². The van der Waals surface area contributed by atoms with E-state index in [1.165, 1.54) is 22.9 Å². The number of rotatable bonds is 7. The number of hydrogen-bond donors (Lipinski definition) is 2. The Hall–Kier alpha value is -1.15. The van der Waals surface area contributed by atoms with Crippen LogP contribution in [-0.2, 0) is 29.7 Å². The molecule has 27 heavy (non-hydrogen) atoms. The van der Waals surface area contributed by atoms with E-state index in [1.807, 2.05) is 27.0 Å². The number of hydrazone groups is 2. The van der Waals surface area contributed by atoms with Crippen molar-refractivity contribution in [3.63, 3.8) is 0 Å². The minimum absolute atomic E-state index is 0. The summed E-state index contributed by atoms with van der Waals surface area (Å²) in [6.07, 6.45) is 7.18. The van der Waals surface area contributed by atoms with E-state index in [-0.39, 0.29) is 17.1 Å². The van der Waals surface area contributed by atoms with E-state index in [4.69, 9.17) is 12.6 Å². The Morgan fingerprint density at radius 3 is 2.33 bits per heavy atom. The molecule has 1 unspecified atom stereocenters. The van der Waals surface area contributed by atoms with Gasteiger partial charge in [-0.25, -0.2) is 0 Å². The zero-order valence-corrected chi connectivity index (χ0v) is 19.3. The Morgan fingerprint density at radius 1 is 1.15 bits per heavy atom. The van der Waals surface area contributed by atoms with Crippen molar-refractivity contribution in [1.29, 1.82) is 0 Å². The second kappa shape index (κ2) is 13.9. The molecule has 0 amide bonds. The fraction of sp³-hybridized carbons (Fsp3) is 0.556. The minimum Gasteiger partial charge on any atom is -0.741 e. The molecule has 9 heteroatoms. The molecule has 0 aliphatic heterocycles. The summed E-state index contributed by atoms with van der Waals surface area (Å²) in [6.45, 7) is 11.5. The van der Waals surface area contributed by atoms with E-state index < -0.39 is 0 Å². The van der Waals surface area contributed by atoms with Gasteiger partial charge in [-0.05, 0) is 46.0 Å². The van der Waals surface area contributed by atoms with Crippen molar-refractivity contribution < 1.29 is 17.1 Å². The van der Waals surface area contributed by atoms with Crippen molar-refractivity contribution in [3.05, 3.63) is 23.3 Å². The molecule has 6 nitrogen and oxygen atoms in total. The van der Waals surface area contributed by atoms with Crippen LogP contribution >= 0.6 is 11.8 Å². The molecule has 0 heterocycles. The van der Waals surface area contributed by atoms with E-state index in [2.05, 4.69) is 57.0 Å². The number of thioether (sulfide) groups is 1. The number of nitrogens with zero attached hydrogens (tertiary/aromatic N) is 4. The predicted octanol–water partition coefficient (Wildman–Crippen LogP) is 3.47. The van der Waals surface area contributed by atoms with Gasteiger partial charge in [0.1, 0.15) is 0 Å². The van der Waals surface area contributed by atoms with Crippen LogP contribution in [-0.4, -0.2) is 41.1 Å². The number of allylic oxidation sites excluding steroid dienone is 4. The van der Waals surface area contributed by atoms with E-state index in [0.29, 0.717) is 24.2 Å². The molecule has 1 aliphatic rings. The number of hydrogen-bond acceptors (Lipinski definition) is 6. The first kappa shape index (κ1) is 25.8. The maximum absolute atomic E-state index is 5.16. The maximum Gasteiger partial charge on any atom is 1.00 e. The Kier molecular flexibility index (Phi) is 13.3. The van der Waals surface area contributed by atoms with Gasteiger partial charge in [-0.1, -0.05) is 35.1 Å². The fourth-order valence-electron chi connectivity index (χ4n) is 2.45. The van der Waals surface area contributed by atoms with Gasteiger partial charge in [0.05, 0.1) is 11.4 Å². The van der Waals surface area contributed by atoms with Gasteiger partial charge in [-0.2, -0.15) is 10.2 Å². The summed E-state index contributed by atoms with van der Waals surface area (Å²) >= 11 is 6.68. The molecule has 1 rings (SSSR count). The van der Waals surface area contributed by atoms with Crippen LogP contribution < -0.4 is 10.9 Å². The smallest absolute Gasteiger partial charge is 0.741 e. The largest absolute Gasteiger partial charge is 1.00 e. The van der Waals surface area contributed by atoms with Gasteiger partial charge >= 0.3 is 17.1 Å². The summed E-state index contributed by atoms with van der Waals surface area (Å²) in [5.41, 5.74) is 10.1. The van der Waals surface area contributed by atoms with Crippen molar-refractivity contribution in [3.8, 4) is 0 Å². The van der Waals surface area contributed by atoms with Crippen molar-refractivity contribution in [2.45, 2.75) is 41.0 Å². The Balaban J connectivity index is 0.00000676. The first-order valence-electron chi connectivity index (χ1n) is 8.70. The SMILES string of the molecule is CCN=C([S-])N/N=C(CC1C=C(C)C=C1C)/C(C)=N/NC(=NCC)SC.[Cu+]. The molecule has 0 saturated heterocycles. The van der Waals surface area contributed by atoms with Gasteiger partial charge in [-0.3, -0.25) is 20.8 Å². The van der Waals surface area contributed by atoms with E-state index in [9.17, 15) is 0 Å². The fourth-order valence-corrected chi connectivity index (χ4v) is 3.02. The van der Waals surface area contributed by atoms with Crippen LogP contribution in [0.5, 0.6) is 0 Å². The quantitative estimate of drug-likeness (QED) is 0.202. The standard InChI is InChI=1S/C18H30N6S2.Cu/c1-7-19-17(25)23-22-16(11-15-10-12(3)9-13(15)4)14(5)21-24-18(26-6)20-8-2;/h9-10,15H,7-8,11H2,1-6H3,(H,20,24)(H2,19,23,25);/q;+1/p-1/b21-14+,22-16+;. The molecular weight excluding hydrogens is 428 g/mol. The van der Waals surface area contributed by atoms with Crippen molar-refractivity contribution in [2.24, 2.45) is 26.1 Å². The van der Waals surface area contributed by atoms with Gasteiger partial charge in [0.25, 0.3) is 0 Å². The summed E-state index contributed by atoms with van der Waals surface area (Å²) in [4.78, 5) is 8.49. The number of amidine groups is 2. The van der Waals surface area contributed by atoms with Crippen LogP contribution in [0.2, 0.25) is 0 Å². The molecule has 0 fully saturated rings. The molecule has 154 valence electrons. The predicted molar refractivity (Wildman–Crippen MR) is 119 cm³/mol. The monoisotopic (exact) mass is 456 g/mol. The average molecular weight is 457 g/mol. The Bertz CT molecular complexity index is 665. The molecule has 2 N–H and O–H groups in total. The number of aliphatic imine (C=N–C) groups is 2. The van der Waals surface area contributed by atoms with Crippen molar-refractivity contribution in [1.82, 2.24) is 10.9 Å². The second-order valence-corrected chi connectivity index (χ2v) is 7.03. The molecule has 0 aromatic heterocycles. The molecular formula is C18H29CuN6S2. The zero-order valence-electron chi connectivity index (χ0n) is 16.8. The average Bonchev–Trinajstić information content (AvgIpc) is 2.92. The topological polar surface area (TPSA) is 73.5 Å². The second-order valence-electron chi connectivity index (χ2n) is 5.85. The van der Waals surface area contributed by atoms with Crippen LogP contribution in [0.1, 0.15) is 41.0 Å². The molecule has 0 aromatic carbocycles. The maximum atomic E-state index is 5.16.